The molecule has 0 aromatic rings. The first-order valence-corrected chi connectivity index (χ1v) is 6.39. The zero-order valence-electron chi connectivity index (χ0n) is 11.0. The molecule has 9 N–H and O–H groups in total. The summed E-state index contributed by atoms with van der Waals surface area (Å²) >= 11 is 0. The van der Waals surface area contributed by atoms with Crippen molar-refractivity contribution in [2.45, 2.75) is 54.9 Å². The van der Waals surface area contributed by atoms with Crippen molar-refractivity contribution >= 4 is 0 Å². The van der Waals surface area contributed by atoms with E-state index in [1.165, 1.54) is 0 Å². The fourth-order valence-electron chi connectivity index (χ4n) is 2.14. The van der Waals surface area contributed by atoms with Crippen LogP contribution in [0.3, 0.4) is 0 Å². The number of hydrogen-bond acceptors (Lipinski definition) is 10. The fourth-order valence-corrected chi connectivity index (χ4v) is 2.14. The van der Waals surface area contributed by atoms with Crippen LogP contribution in [0.2, 0.25) is 0 Å². The largest absolute Gasteiger partial charge is 0.394 e. The first-order valence-electron chi connectivity index (χ1n) is 6.39. The van der Waals surface area contributed by atoms with E-state index >= 15 is 0 Å². The summed E-state index contributed by atoms with van der Waals surface area (Å²) in [7, 11) is 0. The molecule has 1 aliphatic heterocycles. The molecular weight excluding hydrogens is 292 g/mol. The second-order valence-corrected chi connectivity index (χ2v) is 5.02. The molecule has 0 radical (unpaired) electrons. The lowest BCUT2D eigenvalue weighted by Gasteiger charge is -2.43. The highest BCUT2D eigenvalue weighted by Crippen LogP contribution is 2.25. The Morgan fingerprint density at radius 2 is 1.38 bits per heavy atom. The lowest BCUT2D eigenvalue weighted by molar-refractivity contribution is -0.263. The molecule has 10 nitrogen and oxygen atoms in total. The second kappa shape index (κ2) is 7.74. The van der Waals surface area contributed by atoms with Crippen LogP contribution in [0.25, 0.3) is 0 Å². The van der Waals surface area contributed by atoms with Gasteiger partial charge in [-0.25, -0.2) is 0 Å². The van der Waals surface area contributed by atoms with Gasteiger partial charge in [-0.05, 0) is 0 Å². The fraction of sp³-hybridized carbons (Fsp3) is 1.00. The third-order valence-electron chi connectivity index (χ3n) is 3.55. The van der Waals surface area contributed by atoms with Crippen LogP contribution in [0.15, 0.2) is 0 Å². The van der Waals surface area contributed by atoms with Gasteiger partial charge in [0.15, 0.2) is 0 Å². The maximum absolute atomic E-state index is 9.88. The molecule has 1 aliphatic rings. The summed E-state index contributed by atoms with van der Waals surface area (Å²) in [6.45, 7) is -1.59. The van der Waals surface area contributed by atoms with E-state index < -0.39 is 68.1 Å². The summed E-state index contributed by atoms with van der Waals surface area (Å²) in [6, 6.07) is 0. The lowest BCUT2D eigenvalue weighted by atomic mass is 9.88. The van der Waals surface area contributed by atoms with E-state index in [-0.39, 0.29) is 0 Å². The van der Waals surface area contributed by atoms with Gasteiger partial charge < -0.3 is 50.7 Å². The molecule has 0 amide bonds. The van der Waals surface area contributed by atoms with Gasteiger partial charge in [-0.3, -0.25) is 0 Å². The van der Waals surface area contributed by atoms with Gasteiger partial charge in [-0.2, -0.15) is 0 Å². The summed E-state index contributed by atoms with van der Waals surface area (Å²) in [5.74, 6) is 0. The predicted molar refractivity (Wildman–Crippen MR) is 64.9 cm³/mol. The quantitative estimate of drug-likeness (QED) is 0.228. The molecule has 0 aromatic carbocycles. The van der Waals surface area contributed by atoms with Crippen molar-refractivity contribution in [3.05, 3.63) is 0 Å². The van der Waals surface area contributed by atoms with Crippen LogP contribution >= 0.6 is 0 Å². The highest BCUT2D eigenvalue weighted by Gasteiger charge is 2.48. The summed E-state index contributed by atoms with van der Waals surface area (Å²) in [6.07, 6.45) is -15.7. The first kappa shape index (κ1) is 18.6. The molecule has 1 heterocycles. The van der Waals surface area contributed by atoms with Gasteiger partial charge in [0.05, 0.1) is 13.2 Å². The monoisotopic (exact) mass is 314 g/mol. The van der Waals surface area contributed by atoms with Crippen LogP contribution in [-0.4, -0.2) is 114 Å². The minimum Gasteiger partial charge on any atom is -0.394 e. The Morgan fingerprint density at radius 1 is 0.810 bits per heavy atom. The minimum absolute atomic E-state index is 0.716. The van der Waals surface area contributed by atoms with Gasteiger partial charge in [0.2, 0.25) is 0 Å². The molecule has 0 saturated carbocycles. The van der Waals surface area contributed by atoms with Crippen molar-refractivity contribution in [1.29, 1.82) is 0 Å². The van der Waals surface area contributed by atoms with Crippen molar-refractivity contribution in [3.8, 4) is 0 Å². The third-order valence-corrected chi connectivity index (χ3v) is 3.55. The molecule has 1 unspecified atom stereocenters. The molecule has 0 aliphatic carbocycles. The molecule has 1 fully saturated rings. The zero-order chi connectivity index (χ0) is 16.3. The van der Waals surface area contributed by atoms with Crippen molar-refractivity contribution in [1.82, 2.24) is 0 Å². The van der Waals surface area contributed by atoms with Gasteiger partial charge in [0.1, 0.15) is 54.9 Å². The molecule has 0 aromatic heterocycles. The van der Waals surface area contributed by atoms with Gasteiger partial charge in [-0.15, -0.1) is 0 Å². The summed E-state index contributed by atoms with van der Waals surface area (Å²) in [4.78, 5) is 0. The highest BCUT2D eigenvalue weighted by molar-refractivity contribution is 4.97. The molecule has 1 saturated heterocycles. The van der Waals surface area contributed by atoms with Crippen LogP contribution in [0.5, 0.6) is 0 Å². The SMILES string of the molecule is OC[C@@H](O)[C@@H](O)[C@H](O)C(O)[C@@H]1O[C@H](CO)[C@H](O)[C@H](O)[C@H]1O. The summed E-state index contributed by atoms with van der Waals surface area (Å²) < 4.78 is 5.00. The second-order valence-electron chi connectivity index (χ2n) is 5.02. The Kier molecular flexibility index (Phi) is 6.87. The normalized spacial score (nSPS) is 39.6. The van der Waals surface area contributed by atoms with Crippen LogP contribution in [-0.2, 0) is 4.74 Å². The smallest absolute Gasteiger partial charge is 0.115 e. The number of aliphatic hydroxyl groups is 9. The van der Waals surface area contributed by atoms with E-state index in [9.17, 15) is 35.7 Å². The molecule has 0 bridgehead atoms. The lowest BCUT2D eigenvalue weighted by Crippen LogP contribution is -2.64. The predicted octanol–water partition coefficient (Wildman–Crippen LogP) is -5.74. The topological polar surface area (TPSA) is 191 Å². The maximum Gasteiger partial charge on any atom is 0.115 e. The number of rotatable bonds is 6. The van der Waals surface area contributed by atoms with Crippen LogP contribution in [0, 0.1) is 0 Å². The molecule has 10 heteroatoms. The van der Waals surface area contributed by atoms with Crippen molar-refractivity contribution in [3.63, 3.8) is 0 Å². The summed E-state index contributed by atoms with van der Waals surface area (Å²) in [5, 5.41) is 84.8. The Bertz CT molecular complexity index is 313. The number of ether oxygens (including phenoxy) is 1. The minimum atomic E-state index is -2.01. The molecule has 0 spiro atoms. The average molecular weight is 314 g/mol. The Balaban J connectivity index is 2.82. The molecule has 21 heavy (non-hydrogen) atoms. The first-order chi connectivity index (χ1) is 9.76. The Labute approximate surface area is 120 Å². The van der Waals surface area contributed by atoms with E-state index in [1.807, 2.05) is 0 Å². The maximum atomic E-state index is 9.88. The highest BCUT2D eigenvalue weighted by atomic mass is 16.6. The van der Waals surface area contributed by atoms with Gasteiger partial charge in [0, 0.05) is 0 Å². The molecule has 1 rings (SSSR count). The van der Waals surface area contributed by atoms with E-state index in [4.69, 9.17) is 14.9 Å². The molecule has 9 atom stereocenters. The van der Waals surface area contributed by atoms with Crippen molar-refractivity contribution in [2.24, 2.45) is 0 Å². The number of hydrogen-bond donors (Lipinski definition) is 9. The van der Waals surface area contributed by atoms with Gasteiger partial charge in [0.25, 0.3) is 0 Å². The van der Waals surface area contributed by atoms with E-state index in [1.54, 1.807) is 0 Å². The Hall–Kier alpha value is -0.400. The third kappa shape index (κ3) is 3.87. The molecule has 126 valence electrons. The summed E-state index contributed by atoms with van der Waals surface area (Å²) in [5.41, 5.74) is 0. The zero-order valence-corrected chi connectivity index (χ0v) is 11.0. The van der Waals surface area contributed by atoms with Gasteiger partial charge >= 0.3 is 0 Å². The van der Waals surface area contributed by atoms with E-state index in [0.717, 1.165) is 0 Å². The average Bonchev–Trinajstić information content (AvgIpc) is 2.50. The van der Waals surface area contributed by atoms with Crippen LogP contribution in [0.1, 0.15) is 0 Å². The van der Waals surface area contributed by atoms with Crippen molar-refractivity contribution in [2.75, 3.05) is 13.2 Å². The Morgan fingerprint density at radius 3 is 1.86 bits per heavy atom. The van der Waals surface area contributed by atoms with Crippen molar-refractivity contribution < 1.29 is 50.7 Å². The van der Waals surface area contributed by atoms with E-state index in [2.05, 4.69) is 0 Å². The molecular formula is C11H22O10. The van der Waals surface area contributed by atoms with Gasteiger partial charge in [-0.1, -0.05) is 0 Å². The van der Waals surface area contributed by atoms with E-state index in [0.29, 0.717) is 0 Å². The van der Waals surface area contributed by atoms with Crippen LogP contribution < -0.4 is 0 Å². The number of aliphatic hydroxyl groups excluding tert-OH is 9. The van der Waals surface area contributed by atoms with Crippen LogP contribution in [0.4, 0.5) is 0 Å². The standard InChI is InChI=1S/C11H22O10/c12-1-3(14)5(15)7(17)9(19)11-10(20)8(18)6(16)4(2-13)21-11/h3-20H,1-2H2/t3-,4-,5-,6+,7+,8+,9?,10-,11+/m1/s1.